The number of amides is 1. The quantitative estimate of drug-likeness (QED) is 0.872. The number of hydrogen-bond donors (Lipinski definition) is 1. The van der Waals surface area contributed by atoms with Gasteiger partial charge in [-0.05, 0) is 25.1 Å². The summed E-state index contributed by atoms with van der Waals surface area (Å²) in [6.07, 6.45) is -0.456. The topological polar surface area (TPSA) is 101 Å². The molecule has 1 aromatic carbocycles. The first-order chi connectivity index (χ1) is 9.28. The van der Waals surface area contributed by atoms with Gasteiger partial charge in [-0.2, -0.15) is 0 Å². The molecule has 1 atom stereocenters. The lowest BCUT2D eigenvalue weighted by atomic mass is 10.1. The van der Waals surface area contributed by atoms with Gasteiger partial charge in [0.2, 0.25) is 0 Å². The molecule has 0 saturated carbocycles. The molecule has 0 bridgehead atoms. The molecule has 1 unspecified atom stereocenters. The summed E-state index contributed by atoms with van der Waals surface area (Å²) in [5, 5.41) is 8.89. The smallest absolute Gasteiger partial charge is 0.335 e. The molecule has 2 rings (SSSR count). The molecule has 0 aromatic heterocycles. The molecule has 0 fully saturated rings. The summed E-state index contributed by atoms with van der Waals surface area (Å²) in [6.45, 7) is 1.52. The Morgan fingerprint density at radius 2 is 2.10 bits per heavy atom. The van der Waals surface area contributed by atoms with E-state index in [1.54, 1.807) is 6.92 Å². The minimum atomic E-state index is -4.02. The second kappa shape index (κ2) is 4.88. The predicted molar refractivity (Wildman–Crippen MR) is 68.1 cm³/mol. The van der Waals surface area contributed by atoms with E-state index in [1.807, 2.05) is 0 Å². The molecule has 108 valence electrons. The van der Waals surface area contributed by atoms with Crippen molar-refractivity contribution >= 4 is 21.9 Å². The van der Waals surface area contributed by atoms with E-state index in [0.717, 1.165) is 6.07 Å². The number of methoxy groups -OCH3 is 1. The average Bonchev–Trinajstić information content (AvgIpc) is 2.59. The molecule has 0 spiro atoms. The Morgan fingerprint density at radius 1 is 1.45 bits per heavy atom. The molecular weight excluding hydrogens is 286 g/mol. The number of carboxylic acid groups (broad SMARTS) is 1. The normalized spacial score (nSPS) is 17.9. The predicted octanol–water partition coefficient (Wildman–Crippen LogP) is 0.564. The van der Waals surface area contributed by atoms with Crippen LogP contribution in [0.1, 0.15) is 27.6 Å². The number of carboxylic acids is 1. The molecule has 1 heterocycles. The third-order valence-corrected chi connectivity index (χ3v) is 4.87. The fourth-order valence-corrected chi connectivity index (χ4v) is 3.57. The van der Waals surface area contributed by atoms with Gasteiger partial charge in [0, 0.05) is 7.11 Å². The van der Waals surface area contributed by atoms with E-state index in [2.05, 4.69) is 0 Å². The van der Waals surface area contributed by atoms with Gasteiger partial charge in [-0.1, -0.05) is 0 Å². The van der Waals surface area contributed by atoms with Crippen molar-refractivity contribution in [2.75, 3.05) is 13.7 Å². The van der Waals surface area contributed by atoms with Gasteiger partial charge < -0.3 is 9.84 Å². The van der Waals surface area contributed by atoms with Crippen LogP contribution in [0, 0.1) is 0 Å². The van der Waals surface area contributed by atoms with Crippen LogP contribution in [0.15, 0.2) is 23.1 Å². The maximum absolute atomic E-state index is 12.3. The summed E-state index contributed by atoms with van der Waals surface area (Å²) in [5.41, 5.74) is -0.194. The largest absolute Gasteiger partial charge is 0.478 e. The number of carbonyl (C=O) groups is 2. The highest BCUT2D eigenvalue weighted by Crippen LogP contribution is 2.31. The van der Waals surface area contributed by atoms with Crippen molar-refractivity contribution in [3.63, 3.8) is 0 Å². The van der Waals surface area contributed by atoms with E-state index in [4.69, 9.17) is 9.84 Å². The molecule has 0 saturated heterocycles. The lowest BCUT2D eigenvalue weighted by Crippen LogP contribution is -2.36. The number of sulfonamides is 1. The highest BCUT2D eigenvalue weighted by molar-refractivity contribution is 7.90. The summed E-state index contributed by atoms with van der Waals surface area (Å²) >= 11 is 0. The monoisotopic (exact) mass is 299 g/mol. The number of benzene rings is 1. The third-order valence-electron chi connectivity index (χ3n) is 3.08. The van der Waals surface area contributed by atoms with Gasteiger partial charge >= 0.3 is 5.97 Å². The average molecular weight is 299 g/mol. The first-order valence-electron chi connectivity index (χ1n) is 5.76. The summed E-state index contributed by atoms with van der Waals surface area (Å²) in [7, 11) is -2.61. The summed E-state index contributed by atoms with van der Waals surface area (Å²) in [4.78, 5) is 22.7. The van der Waals surface area contributed by atoms with Gasteiger partial charge in [0.05, 0.1) is 23.8 Å². The molecular formula is C12H13NO6S. The van der Waals surface area contributed by atoms with E-state index >= 15 is 0 Å². The second-order valence-electron chi connectivity index (χ2n) is 4.40. The first-order valence-corrected chi connectivity index (χ1v) is 7.20. The van der Waals surface area contributed by atoms with Gasteiger partial charge in [-0.3, -0.25) is 4.79 Å². The van der Waals surface area contributed by atoms with E-state index in [-0.39, 0.29) is 22.6 Å². The van der Waals surface area contributed by atoms with Crippen molar-refractivity contribution in [2.24, 2.45) is 0 Å². The van der Waals surface area contributed by atoms with Gasteiger partial charge in [0.25, 0.3) is 15.9 Å². The summed E-state index contributed by atoms with van der Waals surface area (Å²) in [5.74, 6) is -1.92. The number of nitrogens with zero attached hydrogens (tertiary/aromatic N) is 1. The van der Waals surface area contributed by atoms with Crippen molar-refractivity contribution in [1.82, 2.24) is 4.31 Å². The standard InChI is InChI=1S/C12H13NO6S/c1-7(19-2)6-13-11(14)9-4-3-8(12(15)16)5-10(9)20(13,17)18/h3-5,7H,6H2,1-2H3,(H,15,16). The number of rotatable bonds is 4. The second-order valence-corrected chi connectivity index (χ2v) is 6.23. The molecule has 7 nitrogen and oxygen atoms in total. The Hall–Kier alpha value is -1.93. The van der Waals surface area contributed by atoms with Crippen molar-refractivity contribution in [3.8, 4) is 0 Å². The number of carbonyl (C=O) groups excluding carboxylic acids is 1. The van der Waals surface area contributed by atoms with Crippen LogP contribution in [-0.2, 0) is 14.8 Å². The molecule has 1 aromatic rings. The number of ether oxygens (including phenoxy) is 1. The molecule has 20 heavy (non-hydrogen) atoms. The highest BCUT2D eigenvalue weighted by Gasteiger charge is 2.42. The van der Waals surface area contributed by atoms with Gasteiger partial charge in [-0.15, -0.1) is 0 Å². The molecule has 1 aliphatic rings. The maximum Gasteiger partial charge on any atom is 0.335 e. The third kappa shape index (κ3) is 2.16. The Labute approximate surface area is 115 Å². The van der Waals surface area contributed by atoms with Crippen LogP contribution in [0.3, 0.4) is 0 Å². The highest BCUT2D eigenvalue weighted by atomic mass is 32.2. The van der Waals surface area contributed by atoms with Crippen LogP contribution in [0.25, 0.3) is 0 Å². The molecule has 1 amide bonds. The Kier molecular flexibility index (Phi) is 3.53. The van der Waals surface area contributed by atoms with Crippen molar-refractivity contribution in [2.45, 2.75) is 17.9 Å². The summed E-state index contributed by atoms with van der Waals surface area (Å²) < 4.78 is 30.2. The van der Waals surface area contributed by atoms with Crippen LogP contribution < -0.4 is 0 Å². The van der Waals surface area contributed by atoms with Gasteiger partial charge in [0.1, 0.15) is 4.90 Å². The maximum atomic E-state index is 12.3. The lowest BCUT2D eigenvalue weighted by Gasteiger charge is -2.18. The number of fused-ring (bicyclic) bond motifs is 1. The zero-order chi connectivity index (χ0) is 15.1. The zero-order valence-electron chi connectivity index (χ0n) is 10.9. The lowest BCUT2D eigenvalue weighted by molar-refractivity contribution is 0.0693. The van der Waals surface area contributed by atoms with Crippen molar-refractivity contribution < 1.29 is 27.9 Å². The van der Waals surface area contributed by atoms with Crippen molar-refractivity contribution in [3.05, 3.63) is 29.3 Å². The zero-order valence-corrected chi connectivity index (χ0v) is 11.7. The van der Waals surface area contributed by atoms with E-state index in [0.29, 0.717) is 4.31 Å². The van der Waals surface area contributed by atoms with Gasteiger partial charge in [-0.25, -0.2) is 17.5 Å². The van der Waals surface area contributed by atoms with E-state index < -0.39 is 28.0 Å². The Bertz CT molecular complexity index is 681. The minimum Gasteiger partial charge on any atom is -0.478 e. The van der Waals surface area contributed by atoms with Crippen molar-refractivity contribution in [1.29, 1.82) is 0 Å². The van der Waals surface area contributed by atoms with Crippen LogP contribution in [0.5, 0.6) is 0 Å². The number of hydrogen-bond acceptors (Lipinski definition) is 5. The minimum absolute atomic E-state index is 0.0155. The first kappa shape index (κ1) is 14.5. The SMILES string of the molecule is COC(C)CN1C(=O)c2ccc(C(=O)O)cc2S1(=O)=O. The van der Waals surface area contributed by atoms with Crippen LogP contribution in [-0.4, -0.2) is 49.5 Å². The molecule has 0 aliphatic carbocycles. The van der Waals surface area contributed by atoms with Gasteiger partial charge in [0.15, 0.2) is 0 Å². The molecule has 1 aliphatic heterocycles. The fourth-order valence-electron chi connectivity index (χ4n) is 1.90. The number of aromatic carboxylic acids is 1. The van der Waals surface area contributed by atoms with Crippen LogP contribution in [0.4, 0.5) is 0 Å². The molecule has 1 N–H and O–H groups in total. The van der Waals surface area contributed by atoms with E-state index in [9.17, 15) is 18.0 Å². The Balaban J connectivity index is 2.51. The van der Waals surface area contributed by atoms with E-state index in [1.165, 1.54) is 19.2 Å². The van der Waals surface area contributed by atoms with Crippen LogP contribution in [0.2, 0.25) is 0 Å². The van der Waals surface area contributed by atoms with Crippen LogP contribution >= 0.6 is 0 Å². The molecule has 8 heteroatoms. The Morgan fingerprint density at radius 3 is 2.65 bits per heavy atom. The molecule has 0 radical (unpaired) electrons. The fraction of sp³-hybridized carbons (Fsp3) is 0.333. The summed E-state index contributed by atoms with van der Waals surface area (Å²) in [6, 6.07) is 3.43.